The first-order chi connectivity index (χ1) is 14.7. The first-order valence-corrected chi connectivity index (χ1v) is 9.98. The quantitative estimate of drug-likeness (QED) is 0.571. The summed E-state index contributed by atoms with van der Waals surface area (Å²) in [6.07, 6.45) is 7.57. The number of benzene rings is 1. The van der Waals surface area contributed by atoms with E-state index in [1.54, 1.807) is 17.1 Å². The molecule has 3 aromatic heterocycles. The van der Waals surface area contributed by atoms with E-state index in [4.69, 9.17) is 4.98 Å². The van der Waals surface area contributed by atoms with Gasteiger partial charge >= 0.3 is 0 Å². The third kappa shape index (κ3) is 3.00. The van der Waals surface area contributed by atoms with E-state index in [9.17, 15) is 5.26 Å². The largest absolute Gasteiger partial charge is 0.351 e. The van der Waals surface area contributed by atoms with Crippen molar-refractivity contribution in [1.82, 2.24) is 29.6 Å². The normalized spacial score (nSPS) is 16.7. The van der Waals surface area contributed by atoms with Gasteiger partial charge in [0.05, 0.1) is 23.2 Å². The van der Waals surface area contributed by atoms with Gasteiger partial charge in [0, 0.05) is 61.9 Å². The van der Waals surface area contributed by atoms with E-state index >= 15 is 0 Å². The lowest BCUT2D eigenvalue weighted by Crippen LogP contribution is -2.50. The Hall–Kier alpha value is -3.70. The van der Waals surface area contributed by atoms with Crippen LogP contribution in [0.2, 0.25) is 0 Å². The second kappa shape index (κ2) is 7.28. The van der Waals surface area contributed by atoms with Gasteiger partial charge in [0.25, 0.3) is 0 Å². The van der Waals surface area contributed by atoms with E-state index in [1.165, 1.54) is 0 Å². The Labute approximate surface area is 174 Å². The highest BCUT2D eigenvalue weighted by Crippen LogP contribution is 2.37. The molecular weight excluding hydrogens is 376 g/mol. The molecule has 0 bridgehead atoms. The molecule has 30 heavy (non-hydrogen) atoms. The predicted molar refractivity (Wildman–Crippen MR) is 115 cm³/mol. The summed E-state index contributed by atoms with van der Waals surface area (Å²) in [6.45, 7) is 4.92. The van der Waals surface area contributed by atoms with E-state index in [1.807, 2.05) is 42.2 Å². The fraction of sp³-hybridized carbons (Fsp3) is 0.273. The lowest BCUT2D eigenvalue weighted by molar-refractivity contribution is 0.498. The number of hydrogen-bond donors (Lipinski definition) is 1. The molecule has 0 radical (unpaired) electrons. The van der Waals surface area contributed by atoms with Crippen LogP contribution in [0.3, 0.4) is 0 Å². The number of nitrogens with zero attached hydrogens (tertiary/aromatic N) is 7. The molecule has 1 atom stereocenters. The molecule has 1 aliphatic heterocycles. The molecule has 5 rings (SSSR count). The summed E-state index contributed by atoms with van der Waals surface area (Å²) in [5.74, 6) is 0.933. The molecule has 150 valence electrons. The number of aryl methyl sites for hydroxylation is 1. The minimum Gasteiger partial charge on any atom is -0.351 e. The molecule has 0 amide bonds. The van der Waals surface area contributed by atoms with Gasteiger partial charge in [-0.3, -0.25) is 4.68 Å². The second-order valence-electron chi connectivity index (χ2n) is 7.62. The average molecular weight is 398 g/mol. The molecule has 0 spiro atoms. The summed E-state index contributed by atoms with van der Waals surface area (Å²) >= 11 is 0. The van der Waals surface area contributed by atoms with E-state index < -0.39 is 0 Å². The number of rotatable bonds is 3. The molecule has 1 aliphatic rings. The Balaban J connectivity index is 1.79. The SMILES string of the molecule is CC1CNCCN1c1ncnc2c1c(-c1cnn(C)c1)cn2-c1cccc(C#N)c1. The average Bonchev–Trinajstić information content (AvgIpc) is 3.38. The van der Waals surface area contributed by atoms with Crippen molar-refractivity contribution < 1.29 is 0 Å². The van der Waals surface area contributed by atoms with Crippen LogP contribution in [0, 0.1) is 11.3 Å². The first-order valence-electron chi connectivity index (χ1n) is 9.98. The molecule has 4 heterocycles. The van der Waals surface area contributed by atoms with Crippen LogP contribution in [-0.4, -0.2) is 50.0 Å². The van der Waals surface area contributed by atoms with Crippen molar-refractivity contribution >= 4 is 16.9 Å². The maximum atomic E-state index is 9.34. The Bertz CT molecular complexity index is 1260. The first kappa shape index (κ1) is 18.3. The van der Waals surface area contributed by atoms with Gasteiger partial charge in [-0.2, -0.15) is 10.4 Å². The summed E-state index contributed by atoms with van der Waals surface area (Å²) in [4.78, 5) is 11.7. The Morgan fingerprint density at radius 1 is 1.23 bits per heavy atom. The molecule has 4 aromatic rings. The highest BCUT2D eigenvalue weighted by atomic mass is 15.3. The third-order valence-corrected chi connectivity index (χ3v) is 5.61. The molecule has 1 N–H and O–H groups in total. The minimum absolute atomic E-state index is 0.323. The molecule has 1 unspecified atom stereocenters. The van der Waals surface area contributed by atoms with Gasteiger partial charge < -0.3 is 14.8 Å². The molecule has 8 heteroatoms. The third-order valence-electron chi connectivity index (χ3n) is 5.61. The number of nitrogens with one attached hydrogen (secondary N) is 1. The van der Waals surface area contributed by atoms with Crippen molar-refractivity contribution in [3.8, 4) is 22.9 Å². The van der Waals surface area contributed by atoms with E-state index in [2.05, 4.69) is 39.5 Å². The number of piperazine rings is 1. The highest BCUT2D eigenvalue weighted by Gasteiger charge is 2.25. The van der Waals surface area contributed by atoms with E-state index in [0.29, 0.717) is 11.6 Å². The van der Waals surface area contributed by atoms with Crippen LogP contribution in [0.1, 0.15) is 12.5 Å². The molecular formula is C22H22N8. The molecule has 0 saturated carbocycles. The summed E-state index contributed by atoms with van der Waals surface area (Å²) in [6, 6.07) is 10.1. The number of nitriles is 1. The summed E-state index contributed by atoms with van der Waals surface area (Å²) in [5.41, 5.74) is 4.37. The van der Waals surface area contributed by atoms with Crippen molar-refractivity contribution in [1.29, 1.82) is 5.26 Å². The second-order valence-corrected chi connectivity index (χ2v) is 7.62. The number of fused-ring (bicyclic) bond motifs is 1. The molecule has 1 fully saturated rings. The predicted octanol–water partition coefficient (Wildman–Crippen LogP) is 2.49. The van der Waals surface area contributed by atoms with Gasteiger partial charge in [0.15, 0.2) is 5.65 Å². The highest BCUT2D eigenvalue weighted by molar-refractivity contribution is 6.02. The standard InChI is InChI=1S/C22H22N8/c1-15-10-24-6-7-29(15)21-20-19(17-11-27-28(2)12-17)13-30(22(20)26-14-25-21)18-5-3-4-16(8-18)9-23/h3-5,8,11-15,24H,6-7,10H2,1-2H3. The topological polar surface area (TPSA) is 87.6 Å². The summed E-state index contributed by atoms with van der Waals surface area (Å²) in [7, 11) is 1.91. The number of anilines is 1. The molecule has 1 saturated heterocycles. The monoisotopic (exact) mass is 398 g/mol. The van der Waals surface area contributed by atoms with Crippen LogP contribution in [0.5, 0.6) is 0 Å². The maximum Gasteiger partial charge on any atom is 0.150 e. The van der Waals surface area contributed by atoms with Gasteiger partial charge in [0.1, 0.15) is 12.1 Å². The van der Waals surface area contributed by atoms with Crippen LogP contribution >= 0.6 is 0 Å². The van der Waals surface area contributed by atoms with Crippen molar-refractivity contribution in [2.45, 2.75) is 13.0 Å². The lowest BCUT2D eigenvalue weighted by Gasteiger charge is -2.35. The van der Waals surface area contributed by atoms with Crippen LogP contribution in [0.4, 0.5) is 5.82 Å². The van der Waals surface area contributed by atoms with Crippen molar-refractivity contribution in [3.63, 3.8) is 0 Å². The number of aromatic nitrogens is 5. The van der Waals surface area contributed by atoms with Gasteiger partial charge in [-0.15, -0.1) is 0 Å². The zero-order chi connectivity index (χ0) is 20.7. The van der Waals surface area contributed by atoms with Gasteiger partial charge in [-0.25, -0.2) is 9.97 Å². The van der Waals surface area contributed by atoms with Crippen molar-refractivity contribution in [2.24, 2.45) is 7.05 Å². The Morgan fingerprint density at radius 3 is 2.90 bits per heavy atom. The van der Waals surface area contributed by atoms with Gasteiger partial charge in [-0.1, -0.05) is 6.07 Å². The Kier molecular flexibility index (Phi) is 4.45. The summed E-state index contributed by atoms with van der Waals surface area (Å²) in [5, 5.41) is 18.2. The van der Waals surface area contributed by atoms with Crippen LogP contribution < -0.4 is 10.2 Å². The zero-order valence-corrected chi connectivity index (χ0v) is 16.9. The Morgan fingerprint density at radius 2 is 2.13 bits per heavy atom. The van der Waals surface area contributed by atoms with Crippen LogP contribution in [0.15, 0.2) is 49.2 Å². The fourth-order valence-corrected chi connectivity index (χ4v) is 4.12. The minimum atomic E-state index is 0.323. The van der Waals surface area contributed by atoms with E-state index in [0.717, 1.165) is 53.3 Å². The number of hydrogen-bond acceptors (Lipinski definition) is 6. The van der Waals surface area contributed by atoms with Crippen LogP contribution in [-0.2, 0) is 7.05 Å². The molecule has 8 nitrogen and oxygen atoms in total. The maximum absolute atomic E-state index is 9.34. The lowest BCUT2D eigenvalue weighted by atomic mass is 10.1. The molecule has 1 aromatic carbocycles. The van der Waals surface area contributed by atoms with Crippen LogP contribution in [0.25, 0.3) is 27.8 Å². The van der Waals surface area contributed by atoms with Crippen molar-refractivity contribution in [3.05, 3.63) is 54.7 Å². The van der Waals surface area contributed by atoms with Crippen molar-refractivity contribution in [2.75, 3.05) is 24.5 Å². The smallest absolute Gasteiger partial charge is 0.150 e. The zero-order valence-electron chi connectivity index (χ0n) is 16.9. The van der Waals surface area contributed by atoms with E-state index in [-0.39, 0.29) is 0 Å². The van der Waals surface area contributed by atoms with Gasteiger partial charge in [-0.05, 0) is 25.1 Å². The summed E-state index contributed by atoms with van der Waals surface area (Å²) < 4.78 is 3.84. The molecule has 0 aliphatic carbocycles. The fourth-order valence-electron chi connectivity index (χ4n) is 4.12. The van der Waals surface area contributed by atoms with Gasteiger partial charge in [0.2, 0.25) is 0 Å².